The molecule has 112 valence electrons. The van der Waals surface area contributed by atoms with Crippen molar-refractivity contribution in [2.75, 3.05) is 11.4 Å². The minimum atomic E-state index is -0.457. The smallest absolute Gasteiger partial charge is 0.134 e. The quantitative estimate of drug-likeness (QED) is 0.855. The molecule has 1 atom stereocenters. The summed E-state index contributed by atoms with van der Waals surface area (Å²) in [5, 5.41) is 10.0. The fourth-order valence-electron chi connectivity index (χ4n) is 3.05. The van der Waals surface area contributed by atoms with Crippen LogP contribution in [0.5, 0.6) is 0 Å². The molecule has 0 unspecified atom stereocenters. The van der Waals surface area contributed by atoms with Gasteiger partial charge in [-0.05, 0) is 38.2 Å². The molecule has 0 aromatic carbocycles. The van der Waals surface area contributed by atoms with Gasteiger partial charge in [0.15, 0.2) is 0 Å². The second-order valence-corrected chi connectivity index (χ2v) is 6.41. The fourth-order valence-corrected chi connectivity index (χ4v) is 3.05. The first-order valence-electron chi connectivity index (χ1n) is 7.99. The van der Waals surface area contributed by atoms with E-state index >= 15 is 0 Å². The molecule has 3 heteroatoms. The average molecular weight is 276 g/mol. The van der Waals surface area contributed by atoms with Crippen LogP contribution in [0.25, 0.3) is 0 Å². The predicted molar refractivity (Wildman–Crippen MR) is 83.9 cm³/mol. The van der Waals surface area contributed by atoms with Gasteiger partial charge in [-0.3, -0.25) is 0 Å². The summed E-state index contributed by atoms with van der Waals surface area (Å²) >= 11 is 0. The standard InChI is InChI=1S/C17H28N2O/c1-13(2)10-12-19(15-7-4-5-8-15)17-16(14(3)20)9-6-11-18-17/h6,9,11,13-15,20H,4-5,7-8,10,12H2,1-3H3/t14-/m1/s1. The second-order valence-electron chi connectivity index (χ2n) is 6.41. The lowest BCUT2D eigenvalue weighted by molar-refractivity contribution is 0.199. The van der Waals surface area contributed by atoms with Crippen LogP contribution in [-0.4, -0.2) is 22.7 Å². The number of aliphatic hydroxyl groups is 1. The predicted octanol–water partition coefficient (Wildman–Crippen LogP) is 3.93. The number of nitrogens with zero attached hydrogens (tertiary/aromatic N) is 2. The lowest BCUT2D eigenvalue weighted by atomic mass is 10.1. The van der Waals surface area contributed by atoms with Crippen molar-refractivity contribution in [2.45, 2.75) is 65.0 Å². The van der Waals surface area contributed by atoms with Gasteiger partial charge in [-0.2, -0.15) is 0 Å². The van der Waals surface area contributed by atoms with Gasteiger partial charge < -0.3 is 10.0 Å². The van der Waals surface area contributed by atoms with Gasteiger partial charge in [0.2, 0.25) is 0 Å². The molecule has 3 nitrogen and oxygen atoms in total. The minimum Gasteiger partial charge on any atom is -0.389 e. The van der Waals surface area contributed by atoms with Crippen molar-refractivity contribution >= 4 is 5.82 Å². The molecule has 1 N–H and O–H groups in total. The number of aliphatic hydroxyl groups excluding tert-OH is 1. The lowest BCUT2D eigenvalue weighted by Crippen LogP contribution is -2.36. The summed E-state index contributed by atoms with van der Waals surface area (Å²) in [7, 11) is 0. The monoisotopic (exact) mass is 276 g/mol. The topological polar surface area (TPSA) is 36.4 Å². The van der Waals surface area contributed by atoms with Gasteiger partial charge in [0.05, 0.1) is 6.10 Å². The molecular formula is C17H28N2O. The molecule has 1 aromatic rings. The molecule has 1 fully saturated rings. The molecule has 0 saturated heterocycles. The van der Waals surface area contributed by atoms with E-state index in [0.717, 1.165) is 17.9 Å². The Balaban J connectivity index is 2.25. The molecule has 1 aliphatic carbocycles. The van der Waals surface area contributed by atoms with Crippen molar-refractivity contribution in [3.63, 3.8) is 0 Å². The highest BCUT2D eigenvalue weighted by atomic mass is 16.3. The Hall–Kier alpha value is -1.09. The molecule has 0 aliphatic heterocycles. The van der Waals surface area contributed by atoms with Crippen LogP contribution in [0.15, 0.2) is 18.3 Å². The van der Waals surface area contributed by atoms with E-state index in [1.807, 2.05) is 25.3 Å². The maximum Gasteiger partial charge on any atom is 0.134 e. The Morgan fingerprint density at radius 3 is 2.60 bits per heavy atom. The van der Waals surface area contributed by atoms with Crippen molar-refractivity contribution in [3.05, 3.63) is 23.9 Å². The molecule has 2 rings (SSSR count). The Kier molecular flexibility index (Phi) is 5.41. The molecule has 0 amide bonds. The SMILES string of the molecule is CC(C)CCN(c1ncccc1[C@@H](C)O)C1CCCC1. The van der Waals surface area contributed by atoms with Gasteiger partial charge in [-0.15, -0.1) is 0 Å². The normalized spacial score (nSPS) is 17.6. The third kappa shape index (κ3) is 3.72. The molecule has 1 saturated carbocycles. The minimum absolute atomic E-state index is 0.457. The van der Waals surface area contributed by atoms with Crippen molar-refractivity contribution in [2.24, 2.45) is 5.92 Å². The largest absolute Gasteiger partial charge is 0.389 e. The van der Waals surface area contributed by atoms with Gasteiger partial charge >= 0.3 is 0 Å². The van der Waals surface area contributed by atoms with Gasteiger partial charge in [-0.25, -0.2) is 4.98 Å². The Morgan fingerprint density at radius 1 is 1.30 bits per heavy atom. The van der Waals surface area contributed by atoms with Crippen LogP contribution in [0.1, 0.15) is 64.5 Å². The van der Waals surface area contributed by atoms with E-state index in [9.17, 15) is 5.11 Å². The fraction of sp³-hybridized carbons (Fsp3) is 0.706. The lowest BCUT2D eigenvalue weighted by Gasteiger charge is -2.32. The summed E-state index contributed by atoms with van der Waals surface area (Å²) in [6.45, 7) is 7.40. The molecule has 0 spiro atoms. The van der Waals surface area contributed by atoms with Gasteiger partial charge in [0, 0.05) is 24.3 Å². The Bertz CT molecular complexity index is 411. The molecule has 0 radical (unpaired) electrons. The van der Waals surface area contributed by atoms with E-state index in [0.29, 0.717) is 12.0 Å². The highest BCUT2D eigenvalue weighted by Gasteiger charge is 2.26. The van der Waals surface area contributed by atoms with Crippen molar-refractivity contribution in [3.8, 4) is 0 Å². The number of rotatable bonds is 6. The molecule has 1 heterocycles. The number of hydrogen-bond donors (Lipinski definition) is 1. The van der Waals surface area contributed by atoms with E-state index in [1.54, 1.807) is 0 Å². The molecule has 1 aliphatic rings. The van der Waals surface area contributed by atoms with Crippen molar-refractivity contribution in [1.82, 2.24) is 4.98 Å². The second kappa shape index (κ2) is 7.07. The summed E-state index contributed by atoms with van der Waals surface area (Å²) in [5.41, 5.74) is 0.961. The van der Waals surface area contributed by atoms with Crippen LogP contribution >= 0.6 is 0 Å². The highest BCUT2D eigenvalue weighted by molar-refractivity contribution is 5.49. The summed E-state index contributed by atoms with van der Waals surface area (Å²) in [4.78, 5) is 7.04. The van der Waals surface area contributed by atoms with E-state index in [4.69, 9.17) is 0 Å². The van der Waals surface area contributed by atoms with Crippen LogP contribution in [0, 0.1) is 5.92 Å². The van der Waals surface area contributed by atoms with Gasteiger partial charge in [-0.1, -0.05) is 32.8 Å². The Morgan fingerprint density at radius 2 is 2.00 bits per heavy atom. The zero-order valence-corrected chi connectivity index (χ0v) is 13.0. The average Bonchev–Trinajstić information content (AvgIpc) is 2.93. The number of anilines is 1. The molecular weight excluding hydrogens is 248 g/mol. The summed E-state index contributed by atoms with van der Waals surface area (Å²) in [6, 6.07) is 4.52. The molecule has 0 bridgehead atoms. The Labute approximate surface area is 123 Å². The van der Waals surface area contributed by atoms with Crippen molar-refractivity contribution in [1.29, 1.82) is 0 Å². The third-order valence-corrected chi connectivity index (χ3v) is 4.25. The van der Waals surface area contributed by atoms with E-state index in [2.05, 4.69) is 23.7 Å². The van der Waals surface area contributed by atoms with E-state index < -0.39 is 6.10 Å². The number of aromatic nitrogens is 1. The van der Waals surface area contributed by atoms with Crippen LogP contribution in [0.3, 0.4) is 0 Å². The zero-order valence-electron chi connectivity index (χ0n) is 13.0. The summed E-state index contributed by atoms with van der Waals surface area (Å²) < 4.78 is 0. The number of hydrogen-bond acceptors (Lipinski definition) is 3. The van der Waals surface area contributed by atoms with E-state index in [-0.39, 0.29) is 0 Å². The summed E-state index contributed by atoms with van der Waals surface area (Å²) in [6.07, 6.45) is 7.72. The first kappa shape index (κ1) is 15.3. The van der Waals surface area contributed by atoms with Crippen LogP contribution in [0.2, 0.25) is 0 Å². The maximum absolute atomic E-state index is 10.0. The van der Waals surface area contributed by atoms with E-state index in [1.165, 1.54) is 32.1 Å². The highest BCUT2D eigenvalue weighted by Crippen LogP contribution is 2.31. The van der Waals surface area contributed by atoms with Crippen molar-refractivity contribution < 1.29 is 5.11 Å². The van der Waals surface area contributed by atoms with Crippen LogP contribution in [-0.2, 0) is 0 Å². The number of pyridine rings is 1. The third-order valence-electron chi connectivity index (χ3n) is 4.25. The first-order valence-corrected chi connectivity index (χ1v) is 7.99. The zero-order chi connectivity index (χ0) is 14.5. The van der Waals surface area contributed by atoms with Crippen LogP contribution < -0.4 is 4.90 Å². The first-order chi connectivity index (χ1) is 9.59. The summed E-state index contributed by atoms with van der Waals surface area (Å²) in [5.74, 6) is 1.69. The molecule has 1 aromatic heterocycles. The molecule has 20 heavy (non-hydrogen) atoms. The van der Waals surface area contributed by atoms with Gasteiger partial charge in [0.25, 0.3) is 0 Å². The van der Waals surface area contributed by atoms with Crippen LogP contribution in [0.4, 0.5) is 5.82 Å². The maximum atomic E-state index is 10.0. The van der Waals surface area contributed by atoms with Gasteiger partial charge in [0.1, 0.15) is 5.82 Å².